The molecule has 1 saturated heterocycles. The monoisotopic (exact) mass is 846 g/mol. The lowest BCUT2D eigenvalue weighted by Gasteiger charge is -2.37. The fraction of sp³-hybridized carbons (Fsp3) is 0.634. The molecular formula is C41H59IN4O7. The largest absolute Gasteiger partial charge is 0.461 e. The van der Waals surface area contributed by atoms with Crippen LogP contribution in [0.25, 0.3) is 10.8 Å². The zero-order chi connectivity index (χ0) is 39.1. The normalized spacial score (nSPS) is 20.4. The number of amides is 4. The van der Waals surface area contributed by atoms with E-state index in [9.17, 15) is 24.0 Å². The second-order valence-corrected chi connectivity index (χ2v) is 18.3. The SMILES string of the molecule is C[C@@H](C(=O)N[C@H](C(=O)N1CCC(I)[C@H]1C(=O)N[C@@H](Cc1ccc2ccccc2c1)C(=O)OC1CCCCCCC1)C(C)(C)C)N(C)C(=O)OC(C)(C)C. The molecule has 292 valence electrons. The number of carbonyl (C=O) groups is 5. The van der Waals surface area contributed by atoms with E-state index in [4.69, 9.17) is 9.47 Å². The molecule has 2 aliphatic rings. The van der Waals surface area contributed by atoms with Crippen LogP contribution in [-0.2, 0) is 35.1 Å². The number of rotatable bonds is 10. The number of carbonyl (C=O) groups excluding carboxylic acids is 5. The average Bonchev–Trinajstić information content (AvgIpc) is 3.46. The molecule has 1 unspecified atom stereocenters. The van der Waals surface area contributed by atoms with E-state index in [2.05, 4.69) is 33.2 Å². The third-order valence-corrected chi connectivity index (χ3v) is 11.4. The number of alkyl halides is 1. The highest BCUT2D eigenvalue weighted by Crippen LogP contribution is 2.30. The van der Waals surface area contributed by atoms with Crippen molar-refractivity contribution < 1.29 is 33.4 Å². The lowest BCUT2D eigenvalue weighted by Crippen LogP contribution is -2.61. The van der Waals surface area contributed by atoms with E-state index in [0.717, 1.165) is 54.9 Å². The summed E-state index contributed by atoms with van der Waals surface area (Å²) in [6, 6.07) is 10.2. The molecular weight excluding hydrogens is 787 g/mol. The molecule has 1 saturated carbocycles. The van der Waals surface area contributed by atoms with Crippen molar-refractivity contribution in [3.05, 3.63) is 48.0 Å². The molecule has 2 N–H and O–H groups in total. The van der Waals surface area contributed by atoms with Crippen LogP contribution in [0.3, 0.4) is 0 Å². The summed E-state index contributed by atoms with van der Waals surface area (Å²) in [4.78, 5) is 71.6. The minimum absolute atomic E-state index is 0.200. The summed E-state index contributed by atoms with van der Waals surface area (Å²) in [6.07, 6.45) is 6.96. The Morgan fingerprint density at radius 2 is 1.51 bits per heavy atom. The second-order valence-electron chi connectivity index (χ2n) is 16.7. The smallest absolute Gasteiger partial charge is 0.410 e. The van der Waals surface area contributed by atoms with Crippen molar-refractivity contribution in [3.8, 4) is 0 Å². The molecule has 0 bridgehead atoms. The van der Waals surface area contributed by atoms with Crippen LogP contribution in [0.15, 0.2) is 42.5 Å². The van der Waals surface area contributed by atoms with Gasteiger partial charge in [0.15, 0.2) is 0 Å². The second kappa shape index (κ2) is 18.3. The lowest BCUT2D eigenvalue weighted by atomic mass is 9.85. The Morgan fingerprint density at radius 1 is 0.887 bits per heavy atom. The van der Waals surface area contributed by atoms with Gasteiger partial charge in [0.1, 0.15) is 35.9 Å². The Morgan fingerprint density at radius 3 is 2.13 bits per heavy atom. The van der Waals surface area contributed by atoms with Gasteiger partial charge in [-0.25, -0.2) is 9.59 Å². The molecule has 0 spiro atoms. The third-order valence-electron chi connectivity index (χ3n) is 10.1. The van der Waals surface area contributed by atoms with Gasteiger partial charge < -0.3 is 25.0 Å². The summed E-state index contributed by atoms with van der Waals surface area (Å²) < 4.78 is 11.3. The quantitative estimate of drug-likeness (QED) is 0.154. The first-order valence-corrected chi connectivity index (χ1v) is 20.3. The summed E-state index contributed by atoms with van der Waals surface area (Å²) in [5.74, 6) is -1.83. The molecule has 1 heterocycles. The van der Waals surface area contributed by atoms with Gasteiger partial charge in [0, 0.05) is 23.9 Å². The number of halogens is 1. The van der Waals surface area contributed by atoms with E-state index >= 15 is 0 Å². The molecule has 0 aromatic heterocycles. The molecule has 1 aliphatic heterocycles. The molecule has 1 aliphatic carbocycles. The zero-order valence-corrected chi connectivity index (χ0v) is 34.9. The van der Waals surface area contributed by atoms with E-state index in [1.54, 1.807) is 27.7 Å². The molecule has 2 aromatic rings. The van der Waals surface area contributed by atoms with Crippen LogP contribution >= 0.6 is 22.6 Å². The van der Waals surface area contributed by atoms with E-state index in [1.165, 1.54) is 23.3 Å². The fourth-order valence-electron chi connectivity index (χ4n) is 6.89. The van der Waals surface area contributed by atoms with Crippen LogP contribution < -0.4 is 10.6 Å². The number of hydrogen-bond donors (Lipinski definition) is 2. The Labute approximate surface area is 328 Å². The molecule has 0 radical (unpaired) electrons. The summed E-state index contributed by atoms with van der Waals surface area (Å²) in [5.41, 5.74) is -0.594. The Kier molecular flexibility index (Phi) is 14.6. The highest BCUT2D eigenvalue weighted by atomic mass is 127. The predicted octanol–water partition coefficient (Wildman–Crippen LogP) is 6.71. The molecule has 12 heteroatoms. The van der Waals surface area contributed by atoms with Crippen LogP contribution in [0, 0.1) is 5.41 Å². The van der Waals surface area contributed by atoms with Gasteiger partial charge in [-0.15, -0.1) is 0 Å². The third kappa shape index (κ3) is 11.8. The number of nitrogens with one attached hydrogen (secondary N) is 2. The summed E-state index contributed by atoms with van der Waals surface area (Å²) in [7, 11) is 1.48. The summed E-state index contributed by atoms with van der Waals surface area (Å²) >= 11 is 2.20. The highest BCUT2D eigenvalue weighted by molar-refractivity contribution is 14.1. The molecule has 53 heavy (non-hydrogen) atoms. The Bertz CT molecular complexity index is 1610. The number of hydrogen-bond acceptors (Lipinski definition) is 7. The van der Waals surface area contributed by atoms with Crippen LogP contribution in [0.5, 0.6) is 0 Å². The number of esters is 1. The maximum Gasteiger partial charge on any atom is 0.410 e. The van der Waals surface area contributed by atoms with Gasteiger partial charge in [0.2, 0.25) is 17.7 Å². The van der Waals surface area contributed by atoms with E-state index in [1.807, 2.05) is 63.2 Å². The van der Waals surface area contributed by atoms with Crippen molar-refractivity contribution in [1.82, 2.24) is 20.4 Å². The molecule has 2 aromatic carbocycles. The Balaban J connectivity index is 1.54. The van der Waals surface area contributed by atoms with Crippen molar-refractivity contribution >= 4 is 63.1 Å². The van der Waals surface area contributed by atoms with Crippen molar-refractivity contribution in [3.63, 3.8) is 0 Å². The molecule has 4 rings (SSSR count). The topological polar surface area (TPSA) is 134 Å². The lowest BCUT2D eigenvalue weighted by molar-refractivity contribution is -0.154. The minimum Gasteiger partial charge on any atom is -0.461 e. The van der Waals surface area contributed by atoms with Crippen molar-refractivity contribution in [2.45, 2.75) is 146 Å². The number of likely N-dealkylation sites (N-methyl/N-ethyl adjacent to an activating group) is 1. The minimum atomic E-state index is -1.00. The molecule has 5 atom stereocenters. The van der Waals surface area contributed by atoms with Gasteiger partial charge in [-0.05, 0) is 81.5 Å². The summed E-state index contributed by atoms with van der Waals surface area (Å²) in [5, 5.41) is 8.00. The van der Waals surface area contributed by atoms with E-state index < -0.39 is 65.0 Å². The van der Waals surface area contributed by atoms with Crippen LogP contribution in [0.1, 0.15) is 105 Å². The number of likely N-dealkylation sites (tertiary alicyclic amines) is 1. The fourth-order valence-corrected chi connectivity index (χ4v) is 7.88. The number of benzene rings is 2. The van der Waals surface area contributed by atoms with Gasteiger partial charge in [-0.1, -0.05) is 105 Å². The number of nitrogens with zero attached hydrogens (tertiary/aromatic N) is 2. The summed E-state index contributed by atoms with van der Waals surface area (Å²) in [6.45, 7) is 12.6. The molecule has 4 amide bonds. The maximum atomic E-state index is 14.4. The van der Waals surface area contributed by atoms with E-state index in [-0.39, 0.29) is 16.4 Å². The first-order valence-electron chi connectivity index (χ1n) is 19.0. The van der Waals surface area contributed by atoms with Crippen LogP contribution in [0.2, 0.25) is 0 Å². The standard InChI is InChI=1S/C41H59IN4O7/c1-26(45(8)39(51)53-41(5,6)7)35(47)44-34(40(2,3)4)37(49)46-23-22-31(42)33(46)36(48)43-32(38(50)52-30-18-12-10-9-11-13-19-30)25-27-20-21-28-16-14-15-17-29(28)24-27/h14-17,20-21,24,26,30-34H,9-13,18-19,22-23,25H2,1-8H3,(H,43,48)(H,44,47)/t26-,31?,32-,33-,34+/m0/s1. The molecule has 2 fully saturated rings. The van der Waals surface area contributed by atoms with Gasteiger partial charge in [0.25, 0.3) is 0 Å². The van der Waals surface area contributed by atoms with Crippen LogP contribution in [0.4, 0.5) is 4.79 Å². The van der Waals surface area contributed by atoms with Gasteiger partial charge >= 0.3 is 12.1 Å². The van der Waals surface area contributed by atoms with Crippen LogP contribution in [-0.4, -0.2) is 93.0 Å². The van der Waals surface area contributed by atoms with Gasteiger partial charge in [-0.2, -0.15) is 0 Å². The average molecular weight is 847 g/mol. The van der Waals surface area contributed by atoms with E-state index in [0.29, 0.717) is 13.0 Å². The van der Waals surface area contributed by atoms with Crippen molar-refractivity contribution in [1.29, 1.82) is 0 Å². The Hall–Kier alpha value is -3.42. The zero-order valence-electron chi connectivity index (χ0n) is 32.7. The first-order chi connectivity index (χ1) is 24.9. The number of ether oxygens (including phenoxy) is 2. The van der Waals surface area contributed by atoms with Gasteiger partial charge in [0.05, 0.1) is 0 Å². The maximum absolute atomic E-state index is 14.4. The predicted molar refractivity (Wildman–Crippen MR) is 215 cm³/mol. The number of fused-ring (bicyclic) bond motifs is 1. The van der Waals surface area contributed by atoms with Crippen molar-refractivity contribution in [2.24, 2.45) is 5.41 Å². The van der Waals surface area contributed by atoms with Gasteiger partial charge in [-0.3, -0.25) is 19.3 Å². The molecule has 11 nitrogen and oxygen atoms in total. The highest BCUT2D eigenvalue weighted by Gasteiger charge is 2.46. The first kappa shape index (κ1) is 42.3. The van der Waals surface area contributed by atoms with Crippen molar-refractivity contribution in [2.75, 3.05) is 13.6 Å².